The van der Waals surface area contributed by atoms with E-state index in [4.69, 9.17) is 9.47 Å². The number of hydrogen-bond acceptors (Lipinski definition) is 6. The van der Waals surface area contributed by atoms with Gasteiger partial charge in [-0.05, 0) is 29.8 Å². The Morgan fingerprint density at radius 1 is 1.12 bits per heavy atom. The average Bonchev–Trinajstić information content (AvgIpc) is 2.79. The van der Waals surface area contributed by atoms with Crippen molar-refractivity contribution < 1.29 is 33.8 Å². The number of nitrogens with zero attached hydrogens (tertiary/aromatic N) is 1. The molecule has 1 heterocycles. The zero-order valence-electron chi connectivity index (χ0n) is 18.0. The maximum absolute atomic E-state index is 12.5. The second-order valence-electron chi connectivity index (χ2n) is 7.19. The van der Waals surface area contributed by atoms with Crippen molar-refractivity contribution in [1.82, 2.24) is 15.5 Å². The first-order valence-electron chi connectivity index (χ1n) is 9.97. The van der Waals surface area contributed by atoms with Gasteiger partial charge in [-0.1, -0.05) is 24.3 Å². The van der Waals surface area contributed by atoms with Gasteiger partial charge in [0.15, 0.2) is 23.3 Å². The molecule has 3 amide bonds. The van der Waals surface area contributed by atoms with Crippen molar-refractivity contribution in [3.8, 4) is 17.2 Å². The highest BCUT2D eigenvalue weighted by molar-refractivity contribution is 6.14. The van der Waals surface area contributed by atoms with Crippen molar-refractivity contribution in [2.75, 3.05) is 14.2 Å². The number of carbonyl (C=O) groups excluding carboxylic acids is 3. The summed E-state index contributed by atoms with van der Waals surface area (Å²) in [6.07, 6.45) is 2.05. The van der Waals surface area contributed by atoms with E-state index in [9.17, 15) is 24.3 Å². The lowest BCUT2D eigenvalue weighted by Crippen LogP contribution is -2.55. The third-order valence-electron chi connectivity index (χ3n) is 4.86. The predicted molar refractivity (Wildman–Crippen MR) is 117 cm³/mol. The highest BCUT2D eigenvalue weighted by Gasteiger charge is 2.32. The normalized spacial score (nSPS) is 16.2. The molecule has 0 fully saturated rings. The average molecular weight is 453 g/mol. The first-order chi connectivity index (χ1) is 15.8. The van der Waals surface area contributed by atoms with Crippen molar-refractivity contribution in [2.24, 2.45) is 0 Å². The summed E-state index contributed by atoms with van der Waals surface area (Å²) in [6, 6.07) is 10.4. The van der Waals surface area contributed by atoms with E-state index in [-0.39, 0.29) is 0 Å². The van der Waals surface area contributed by atoms with Crippen LogP contribution in [0, 0.1) is 0 Å². The van der Waals surface area contributed by atoms with Gasteiger partial charge in [0.25, 0.3) is 5.91 Å². The summed E-state index contributed by atoms with van der Waals surface area (Å²) in [5, 5.41) is 14.2. The minimum absolute atomic E-state index is 0.402. The molecule has 0 saturated carbocycles. The number of hydrogen-bond donors (Lipinski definition) is 3. The van der Waals surface area contributed by atoms with Crippen LogP contribution in [0.4, 0.5) is 4.79 Å². The summed E-state index contributed by atoms with van der Waals surface area (Å²) in [4.78, 5) is 49.3. The highest BCUT2D eigenvalue weighted by Crippen LogP contribution is 2.32. The molecule has 10 heteroatoms. The van der Waals surface area contributed by atoms with E-state index < -0.39 is 42.2 Å². The topological polar surface area (TPSA) is 134 Å². The number of likely N-dealkylation sites (N-methyl/N-ethyl adjacent to an activating group) is 1. The number of benzene rings is 2. The minimum Gasteiger partial charge on any atom is -0.493 e. The number of carbonyl (C=O) groups is 4. The van der Waals surface area contributed by atoms with Crippen molar-refractivity contribution in [3.63, 3.8) is 0 Å². The number of para-hydroxylation sites is 2. The van der Waals surface area contributed by atoms with Gasteiger partial charge in [-0.2, -0.15) is 0 Å². The molecule has 0 bridgehead atoms. The van der Waals surface area contributed by atoms with Crippen molar-refractivity contribution in [2.45, 2.75) is 18.5 Å². The van der Waals surface area contributed by atoms with Gasteiger partial charge in [0.2, 0.25) is 0 Å². The fourth-order valence-corrected chi connectivity index (χ4v) is 3.20. The number of nitrogens with one attached hydrogen (secondary N) is 2. The largest absolute Gasteiger partial charge is 0.493 e. The highest BCUT2D eigenvalue weighted by atomic mass is 16.5. The zero-order valence-corrected chi connectivity index (χ0v) is 18.0. The smallest absolute Gasteiger partial charge is 0.316 e. The Labute approximate surface area is 189 Å². The summed E-state index contributed by atoms with van der Waals surface area (Å²) in [5.41, 5.74) is 0.457. The standard InChI is InChI=1S/C23H23N3O7/c1-26-11-10-17(27)21(22(26)30)25-23(31)24-16(13-20(28)29)14-6-5-7-15(12-14)33-19-9-4-3-8-18(19)32-2/h3-12,16,21H,13H2,1-2H3,(H,28,29)(H2,24,25,31). The van der Waals surface area contributed by atoms with Crippen molar-refractivity contribution in [3.05, 3.63) is 66.4 Å². The molecular weight excluding hydrogens is 430 g/mol. The van der Waals surface area contributed by atoms with Gasteiger partial charge in [-0.15, -0.1) is 0 Å². The van der Waals surface area contributed by atoms with Gasteiger partial charge < -0.3 is 30.1 Å². The van der Waals surface area contributed by atoms with Gasteiger partial charge in [0, 0.05) is 19.3 Å². The van der Waals surface area contributed by atoms with Gasteiger partial charge in [-0.25, -0.2) is 4.79 Å². The summed E-state index contributed by atoms with van der Waals surface area (Å²) in [7, 11) is 2.97. The molecule has 10 nitrogen and oxygen atoms in total. The molecule has 172 valence electrons. The minimum atomic E-state index is -1.38. The summed E-state index contributed by atoms with van der Waals surface area (Å²) in [6.45, 7) is 0. The summed E-state index contributed by atoms with van der Waals surface area (Å²) < 4.78 is 11.1. The van der Waals surface area contributed by atoms with Crippen LogP contribution in [0.25, 0.3) is 0 Å². The Balaban J connectivity index is 1.77. The zero-order chi connectivity index (χ0) is 24.0. The number of urea groups is 1. The molecule has 0 saturated heterocycles. The lowest BCUT2D eigenvalue weighted by molar-refractivity contribution is -0.138. The molecule has 2 aromatic rings. The number of aliphatic carboxylic acids is 1. The Kier molecular flexibility index (Phi) is 7.29. The van der Waals surface area contributed by atoms with E-state index in [2.05, 4.69) is 10.6 Å². The predicted octanol–water partition coefficient (Wildman–Crippen LogP) is 2.23. The first kappa shape index (κ1) is 23.3. The van der Waals surface area contributed by atoms with Crippen LogP contribution in [0.5, 0.6) is 17.2 Å². The number of carboxylic acids is 1. The van der Waals surface area contributed by atoms with Crippen LogP contribution in [-0.2, 0) is 14.4 Å². The fraction of sp³-hybridized carbons (Fsp3) is 0.217. The second-order valence-corrected chi connectivity index (χ2v) is 7.19. The van der Waals surface area contributed by atoms with Gasteiger partial charge in [0.05, 0.1) is 19.6 Å². The molecule has 2 unspecified atom stereocenters. The van der Waals surface area contributed by atoms with Crippen molar-refractivity contribution in [1.29, 1.82) is 0 Å². The van der Waals surface area contributed by atoms with E-state index in [1.54, 1.807) is 48.5 Å². The lowest BCUT2D eigenvalue weighted by Gasteiger charge is -2.25. The number of rotatable bonds is 8. The number of ketones is 1. The molecule has 33 heavy (non-hydrogen) atoms. The second kappa shape index (κ2) is 10.3. The number of methoxy groups -OCH3 is 1. The molecule has 1 aliphatic heterocycles. The van der Waals surface area contributed by atoms with Crippen LogP contribution in [0.2, 0.25) is 0 Å². The Bertz CT molecular complexity index is 1100. The van der Waals surface area contributed by atoms with Crippen LogP contribution < -0.4 is 20.1 Å². The van der Waals surface area contributed by atoms with E-state index in [1.165, 1.54) is 31.3 Å². The Hall–Kier alpha value is -4.34. The summed E-state index contributed by atoms with van der Waals surface area (Å²) >= 11 is 0. The molecule has 0 aliphatic carbocycles. The number of amides is 3. The van der Waals surface area contributed by atoms with Gasteiger partial charge >= 0.3 is 12.0 Å². The Morgan fingerprint density at radius 2 is 1.85 bits per heavy atom. The molecule has 0 radical (unpaired) electrons. The maximum atomic E-state index is 12.5. The SMILES string of the molecule is COc1ccccc1Oc1cccc(C(CC(=O)O)NC(=O)NC2C(=O)C=CN(C)C2=O)c1. The van der Waals surface area contributed by atoms with Crippen LogP contribution in [0.3, 0.4) is 0 Å². The van der Waals surface area contributed by atoms with Crippen LogP contribution >= 0.6 is 0 Å². The quantitative estimate of drug-likeness (QED) is 0.522. The van der Waals surface area contributed by atoms with E-state index in [0.29, 0.717) is 22.8 Å². The molecule has 1 aliphatic rings. The van der Waals surface area contributed by atoms with Gasteiger partial charge in [0.1, 0.15) is 5.75 Å². The van der Waals surface area contributed by atoms with Gasteiger partial charge in [-0.3, -0.25) is 14.4 Å². The number of carboxylic acid groups (broad SMARTS) is 1. The Morgan fingerprint density at radius 3 is 2.55 bits per heavy atom. The molecule has 3 N–H and O–H groups in total. The maximum Gasteiger partial charge on any atom is 0.316 e. The third-order valence-corrected chi connectivity index (χ3v) is 4.86. The molecule has 0 aromatic heterocycles. The molecule has 2 aromatic carbocycles. The van der Waals surface area contributed by atoms with E-state index in [0.717, 1.165) is 0 Å². The molecular formula is C23H23N3O7. The first-order valence-corrected chi connectivity index (χ1v) is 9.97. The monoisotopic (exact) mass is 453 g/mol. The molecule has 3 rings (SSSR count). The van der Waals surface area contributed by atoms with Crippen molar-refractivity contribution >= 4 is 23.7 Å². The van der Waals surface area contributed by atoms with E-state index in [1.807, 2.05) is 0 Å². The summed E-state index contributed by atoms with van der Waals surface area (Å²) in [5.74, 6) is -0.940. The molecule has 0 spiro atoms. The van der Waals surface area contributed by atoms with Crippen LogP contribution in [0.1, 0.15) is 18.0 Å². The van der Waals surface area contributed by atoms with E-state index >= 15 is 0 Å². The fourth-order valence-electron chi connectivity index (χ4n) is 3.20. The lowest BCUT2D eigenvalue weighted by atomic mass is 10.0. The van der Waals surface area contributed by atoms with Crippen LogP contribution in [0.15, 0.2) is 60.8 Å². The van der Waals surface area contributed by atoms with Crippen LogP contribution in [-0.4, -0.2) is 53.9 Å². The third kappa shape index (κ3) is 5.88. The number of ether oxygens (including phenoxy) is 2. The molecule has 2 atom stereocenters.